The fourth-order valence-electron chi connectivity index (χ4n) is 1.65. The van der Waals surface area contributed by atoms with Gasteiger partial charge >= 0.3 is 0 Å². The van der Waals surface area contributed by atoms with Crippen LogP contribution in [0, 0.1) is 0 Å². The third kappa shape index (κ3) is 3.11. The summed E-state index contributed by atoms with van der Waals surface area (Å²) < 4.78 is 2.69. The van der Waals surface area contributed by atoms with Crippen molar-refractivity contribution in [2.24, 2.45) is 0 Å². The molecule has 0 fully saturated rings. The van der Waals surface area contributed by atoms with Crippen molar-refractivity contribution in [2.45, 2.75) is 19.9 Å². The minimum absolute atomic E-state index is 0.163. The van der Waals surface area contributed by atoms with Gasteiger partial charge < -0.3 is 9.88 Å². The van der Waals surface area contributed by atoms with E-state index < -0.39 is 0 Å². The zero-order chi connectivity index (χ0) is 14.0. The van der Waals surface area contributed by atoms with Gasteiger partial charge in [-0.1, -0.05) is 0 Å². The van der Waals surface area contributed by atoms with Crippen LogP contribution < -0.4 is 10.9 Å². The Bertz CT molecular complexity index is 639. The van der Waals surface area contributed by atoms with E-state index in [1.165, 1.54) is 12.1 Å². The maximum atomic E-state index is 12.2. The van der Waals surface area contributed by atoms with Crippen molar-refractivity contribution in [2.75, 3.05) is 5.32 Å². The standard InChI is InChI=1S/C12H13BrN4O2/c1-7(2)17-6-8(13)5-9(17)12(19)14-10-3-4-11(18)16-15-10/h3-7H,1-2H3,(H,16,18)(H,14,15,19). The van der Waals surface area contributed by atoms with Gasteiger partial charge in [-0.3, -0.25) is 9.59 Å². The second kappa shape index (κ2) is 5.40. The van der Waals surface area contributed by atoms with E-state index >= 15 is 0 Å². The number of aromatic amines is 1. The quantitative estimate of drug-likeness (QED) is 0.908. The zero-order valence-corrected chi connectivity index (χ0v) is 12.1. The molecule has 2 rings (SSSR count). The summed E-state index contributed by atoms with van der Waals surface area (Å²) >= 11 is 3.35. The van der Waals surface area contributed by atoms with Crippen LogP contribution in [0.5, 0.6) is 0 Å². The lowest BCUT2D eigenvalue weighted by Crippen LogP contribution is -2.19. The Labute approximate surface area is 118 Å². The maximum absolute atomic E-state index is 12.2. The number of carbonyl (C=O) groups excluding carboxylic acids is 1. The highest BCUT2D eigenvalue weighted by Gasteiger charge is 2.15. The summed E-state index contributed by atoms with van der Waals surface area (Å²) in [4.78, 5) is 23.0. The van der Waals surface area contributed by atoms with Crippen molar-refractivity contribution in [3.8, 4) is 0 Å². The molecule has 0 unspecified atom stereocenters. The first-order chi connectivity index (χ1) is 8.97. The van der Waals surface area contributed by atoms with Crippen molar-refractivity contribution < 1.29 is 4.79 Å². The van der Waals surface area contributed by atoms with E-state index in [0.717, 1.165) is 4.47 Å². The number of carbonyl (C=O) groups is 1. The van der Waals surface area contributed by atoms with Crippen LogP contribution in [-0.2, 0) is 0 Å². The van der Waals surface area contributed by atoms with Crippen LogP contribution in [0.4, 0.5) is 5.82 Å². The number of aromatic nitrogens is 3. The normalized spacial score (nSPS) is 10.7. The maximum Gasteiger partial charge on any atom is 0.273 e. The fourth-order valence-corrected chi connectivity index (χ4v) is 2.09. The van der Waals surface area contributed by atoms with E-state index in [1.807, 2.05) is 24.6 Å². The van der Waals surface area contributed by atoms with Crippen molar-refractivity contribution in [1.29, 1.82) is 0 Å². The molecule has 0 aromatic carbocycles. The van der Waals surface area contributed by atoms with Crippen LogP contribution in [0.3, 0.4) is 0 Å². The molecule has 7 heteroatoms. The Morgan fingerprint density at radius 1 is 1.47 bits per heavy atom. The third-order valence-corrected chi connectivity index (χ3v) is 2.96. The molecule has 0 aliphatic rings. The molecule has 2 heterocycles. The van der Waals surface area contributed by atoms with E-state index in [1.54, 1.807) is 6.07 Å². The largest absolute Gasteiger partial charge is 0.340 e. The van der Waals surface area contributed by atoms with Gasteiger partial charge in [0, 0.05) is 22.8 Å². The van der Waals surface area contributed by atoms with E-state index in [-0.39, 0.29) is 17.5 Å². The number of hydrogen-bond acceptors (Lipinski definition) is 3. The molecule has 0 saturated heterocycles. The van der Waals surface area contributed by atoms with Crippen LogP contribution in [0.25, 0.3) is 0 Å². The summed E-state index contributed by atoms with van der Waals surface area (Å²) in [5.41, 5.74) is 0.209. The average Bonchev–Trinajstić information content (AvgIpc) is 2.74. The summed E-state index contributed by atoms with van der Waals surface area (Å²) in [6, 6.07) is 4.66. The molecule has 100 valence electrons. The van der Waals surface area contributed by atoms with E-state index in [9.17, 15) is 9.59 Å². The molecule has 0 bridgehead atoms. The first kappa shape index (κ1) is 13.5. The number of H-pyrrole nitrogens is 1. The average molecular weight is 325 g/mol. The molecule has 2 aromatic rings. The molecule has 0 saturated carbocycles. The molecular formula is C12H13BrN4O2. The Balaban J connectivity index is 2.25. The topological polar surface area (TPSA) is 79.8 Å². The molecule has 6 nitrogen and oxygen atoms in total. The highest BCUT2D eigenvalue weighted by atomic mass is 79.9. The highest BCUT2D eigenvalue weighted by molar-refractivity contribution is 9.10. The van der Waals surface area contributed by atoms with Gasteiger partial charge in [-0.25, -0.2) is 5.10 Å². The molecule has 1 amide bonds. The van der Waals surface area contributed by atoms with Crippen LogP contribution >= 0.6 is 15.9 Å². The second-order valence-electron chi connectivity index (χ2n) is 4.31. The second-order valence-corrected chi connectivity index (χ2v) is 5.22. The number of nitrogens with one attached hydrogen (secondary N) is 2. The Morgan fingerprint density at radius 3 is 2.79 bits per heavy atom. The lowest BCUT2D eigenvalue weighted by atomic mass is 10.3. The Hall–Kier alpha value is -1.89. The minimum atomic E-state index is -0.314. The van der Waals surface area contributed by atoms with Gasteiger partial charge in [-0.05, 0) is 41.9 Å². The summed E-state index contributed by atoms with van der Waals surface area (Å²) in [6.45, 7) is 3.98. The van der Waals surface area contributed by atoms with Crippen LogP contribution in [0.2, 0.25) is 0 Å². The predicted octanol–water partition coefficient (Wildman–Crippen LogP) is 2.17. The van der Waals surface area contributed by atoms with Crippen LogP contribution in [-0.4, -0.2) is 20.7 Å². The fraction of sp³-hybridized carbons (Fsp3) is 0.250. The smallest absolute Gasteiger partial charge is 0.273 e. The molecular weight excluding hydrogens is 312 g/mol. The lowest BCUT2D eigenvalue weighted by molar-refractivity contribution is 0.101. The summed E-state index contributed by atoms with van der Waals surface area (Å²) in [7, 11) is 0. The number of hydrogen-bond donors (Lipinski definition) is 2. The number of amides is 1. The molecule has 0 aliphatic carbocycles. The third-order valence-electron chi connectivity index (χ3n) is 2.52. The van der Waals surface area contributed by atoms with Crippen LogP contribution in [0.1, 0.15) is 30.4 Å². The van der Waals surface area contributed by atoms with E-state index in [0.29, 0.717) is 11.5 Å². The lowest BCUT2D eigenvalue weighted by Gasteiger charge is -2.12. The first-order valence-electron chi connectivity index (χ1n) is 5.72. The highest BCUT2D eigenvalue weighted by Crippen LogP contribution is 2.20. The summed E-state index contributed by atoms with van der Waals surface area (Å²) in [5, 5.41) is 8.63. The van der Waals surface area contributed by atoms with Crippen molar-refractivity contribution in [3.05, 3.63) is 44.9 Å². The van der Waals surface area contributed by atoms with Gasteiger partial charge in [0.1, 0.15) is 5.69 Å². The van der Waals surface area contributed by atoms with Gasteiger partial charge in [-0.2, -0.15) is 5.10 Å². The molecule has 2 aromatic heterocycles. The van der Waals surface area contributed by atoms with Gasteiger partial charge in [0.25, 0.3) is 11.5 Å². The van der Waals surface area contributed by atoms with E-state index in [4.69, 9.17) is 0 Å². The predicted molar refractivity (Wildman–Crippen MR) is 75.3 cm³/mol. The zero-order valence-electron chi connectivity index (χ0n) is 10.5. The number of halogens is 1. The minimum Gasteiger partial charge on any atom is -0.340 e. The Morgan fingerprint density at radius 2 is 2.21 bits per heavy atom. The molecule has 0 spiro atoms. The molecule has 19 heavy (non-hydrogen) atoms. The SMILES string of the molecule is CC(C)n1cc(Br)cc1C(=O)Nc1ccc(=O)[nH]n1. The van der Waals surface area contributed by atoms with Crippen molar-refractivity contribution in [3.63, 3.8) is 0 Å². The number of anilines is 1. The van der Waals surface area contributed by atoms with Gasteiger partial charge in [0.2, 0.25) is 0 Å². The first-order valence-corrected chi connectivity index (χ1v) is 6.51. The Kier molecular flexibility index (Phi) is 3.84. The van der Waals surface area contributed by atoms with E-state index in [2.05, 4.69) is 31.4 Å². The monoisotopic (exact) mass is 324 g/mol. The number of nitrogens with zero attached hydrogens (tertiary/aromatic N) is 2. The number of rotatable bonds is 3. The molecule has 2 N–H and O–H groups in total. The summed E-state index contributed by atoms with van der Waals surface area (Å²) in [5.74, 6) is 0.0242. The molecule has 0 aliphatic heterocycles. The van der Waals surface area contributed by atoms with Crippen molar-refractivity contribution >= 4 is 27.7 Å². The van der Waals surface area contributed by atoms with Crippen LogP contribution in [0.15, 0.2) is 33.7 Å². The van der Waals surface area contributed by atoms with Gasteiger partial charge in [0.15, 0.2) is 5.82 Å². The molecule has 0 atom stereocenters. The van der Waals surface area contributed by atoms with Gasteiger partial charge in [0.05, 0.1) is 0 Å². The van der Waals surface area contributed by atoms with Gasteiger partial charge in [-0.15, -0.1) is 0 Å². The molecule has 0 radical (unpaired) electrons. The summed E-state index contributed by atoms with van der Waals surface area (Å²) in [6.07, 6.45) is 1.85. The van der Waals surface area contributed by atoms with Crippen molar-refractivity contribution in [1.82, 2.24) is 14.8 Å².